The Morgan fingerprint density at radius 3 is 2.67 bits per heavy atom. The van der Waals surface area contributed by atoms with Crippen molar-refractivity contribution in [3.05, 3.63) is 63.4 Å². The summed E-state index contributed by atoms with van der Waals surface area (Å²) in [5, 5.41) is 5.00. The van der Waals surface area contributed by atoms with E-state index >= 15 is 0 Å². The van der Waals surface area contributed by atoms with Crippen molar-refractivity contribution in [1.82, 2.24) is 10.3 Å². The van der Waals surface area contributed by atoms with E-state index in [9.17, 15) is 0 Å². The molecule has 4 heteroatoms. The fourth-order valence-corrected chi connectivity index (χ4v) is 2.84. The second-order valence-electron chi connectivity index (χ2n) is 5.18. The number of rotatable bonds is 6. The Morgan fingerprint density at radius 1 is 1.19 bits per heavy atom. The summed E-state index contributed by atoms with van der Waals surface area (Å²) in [6.07, 6.45) is 3.61. The fraction of sp³-hybridized carbons (Fsp3) is 0.353. The third kappa shape index (κ3) is 4.44. The molecule has 0 saturated heterocycles. The molecule has 0 aliphatic rings. The lowest BCUT2D eigenvalue weighted by molar-refractivity contribution is 0.518. The van der Waals surface area contributed by atoms with Crippen LogP contribution in [0.15, 0.2) is 36.5 Å². The first-order valence-electron chi connectivity index (χ1n) is 7.20. The van der Waals surface area contributed by atoms with Gasteiger partial charge in [-0.15, -0.1) is 0 Å². The van der Waals surface area contributed by atoms with Crippen LogP contribution < -0.4 is 5.32 Å². The van der Waals surface area contributed by atoms with E-state index < -0.39 is 0 Å². The average molecular weight is 323 g/mol. The van der Waals surface area contributed by atoms with Crippen LogP contribution in [0.4, 0.5) is 0 Å². The summed E-state index contributed by atoms with van der Waals surface area (Å²) >= 11 is 12.6. The molecule has 0 fully saturated rings. The maximum absolute atomic E-state index is 6.35. The van der Waals surface area contributed by atoms with Crippen molar-refractivity contribution >= 4 is 23.2 Å². The maximum Gasteiger partial charge on any atom is 0.0762 e. The van der Waals surface area contributed by atoms with E-state index in [-0.39, 0.29) is 6.04 Å². The fourth-order valence-electron chi connectivity index (χ4n) is 2.28. The van der Waals surface area contributed by atoms with Gasteiger partial charge in [-0.25, -0.2) is 0 Å². The molecule has 1 heterocycles. The summed E-state index contributed by atoms with van der Waals surface area (Å²) in [6, 6.07) is 9.95. The van der Waals surface area contributed by atoms with Gasteiger partial charge in [0.05, 0.1) is 16.8 Å². The van der Waals surface area contributed by atoms with Crippen LogP contribution in [0.3, 0.4) is 0 Å². The molecule has 1 aromatic heterocycles. The van der Waals surface area contributed by atoms with Crippen molar-refractivity contribution < 1.29 is 0 Å². The second kappa shape index (κ2) is 7.79. The number of nitrogens with zero attached hydrogens (tertiary/aromatic N) is 1. The molecule has 0 aliphatic carbocycles. The number of aryl methyl sites for hydroxylation is 1. The molecule has 21 heavy (non-hydrogen) atoms. The lowest BCUT2D eigenvalue weighted by Crippen LogP contribution is -2.25. The predicted octanol–water partition coefficient (Wildman–Crippen LogP) is 4.98. The number of hydrogen-bond acceptors (Lipinski definition) is 2. The minimum absolute atomic E-state index is 0.0684. The summed E-state index contributed by atoms with van der Waals surface area (Å²) in [5.41, 5.74) is 3.15. The number of hydrogen-bond donors (Lipinski definition) is 1. The molecule has 1 unspecified atom stereocenters. The first kappa shape index (κ1) is 16.3. The zero-order chi connectivity index (χ0) is 15.2. The number of halogens is 2. The molecule has 0 aliphatic heterocycles. The molecule has 1 aromatic carbocycles. The number of aromatic nitrogens is 1. The molecule has 2 rings (SSSR count). The highest BCUT2D eigenvalue weighted by Crippen LogP contribution is 2.27. The Bertz CT molecular complexity index is 599. The third-order valence-electron chi connectivity index (χ3n) is 3.39. The van der Waals surface area contributed by atoms with Gasteiger partial charge in [0.2, 0.25) is 0 Å². The minimum Gasteiger partial charge on any atom is -0.308 e. The van der Waals surface area contributed by atoms with Crippen molar-refractivity contribution in [2.45, 2.75) is 32.7 Å². The van der Waals surface area contributed by atoms with Crippen molar-refractivity contribution in [3.63, 3.8) is 0 Å². The third-order valence-corrected chi connectivity index (χ3v) is 4.06. The lowest BCUT2D eigenvalue weighted by atomic mass is 10.0. The quantitative estimate of drug-likeness (QED) is 0.811. The van der Waals surface area contributed by atoms with Crippen molar-refractivity contribution in [3.8, 4) is 0 Å². The summed E-state index contributed by atoms with van der Waals surface area (Å²) in [4.78, 5) is 4.44. The van der Waals surface area contributed by atoms with Gasteiger partial charge in [-0.1, -0.05) is 42.3 Å². The topological polar surface area (TPSA) is 24.9 Å². The first-order valence-corrected chi connectivity index (χ1v) is 7.96. The second-order valence-corrected chi connectivity index (χ2v) is 5.99. The van der Waals surface area contributed by atoms with E-state index in [1.807, 2.05) is 25.1 Å². The van der Waals surface area contributed by atoms with Crippen molar-refractivity contribution in [1.29, 1.82) is 0 Å². The monoisotopic (exact) mass is 322 g/mol. The summed E-state index contributed by atoms with van der Waals surface area (Å²) in [7, 11) is 0. The van der Waals surface area contributed by atoms with E-state index in [1.54, 1.807) is 6.20 Å². The zero-order valence-electron chi connectivity index (χ0n) is 12.4. The normalized spacial score (nSPS) is 12.4. The van der Waals surface area contributed by atoms with E-state index in [4.69, 9.17) is 23.2 Å². The summed E-state index contributed by atoms with van der Waals surface area (Å²) < 4.78 is 0. The molecule has 0 bridgehead atoms. The molecule has 0 saturated carbocycles. The van der Waals surface area contributed by atoms with Gasteiger partial charge in [0.15, 0.2) is 0 Å². The SMILES string of the molecule is CCCNC(Cc1ccc(C)cc1Cl)c1ncccc1Cl. The molecule has 1 atom stereocenters. The van der Waals surface area contributed by atoms with E-state index in [2.05, 4.69) is 29.4 Å². The summed E-state index contributed by atoms with van der Waals surface area (Å²) in [5.74, 6) is 0. The van der Waals surface area contributed by atoms with Gasteiger partial charge in [0.1, 0.15) is 0 Å². The van der Waals surface area contributed by atoms with Gasteiger partial charge in [0.25, 0.3) is 0 Å². The highest BCUT2D eigenvalue weighted by molar-refractivity contribution is 6.31. The highest BCUT2D eigenvalue weighted by atomic mass is 35.5. The molecule has 112 valence electrons. The first-order chi connectivity index (χ1) is 10.1. The van der Waals surface area contributed by atoms with Gasteiger partial charge in [-0.3, -0.25) is 4.98 Å². The molecule has 2 aromatic rings. The van der Waals surface area contributed by atoms with Crippen molar-refractivity contribution in [2.24, 2.45) is 0 Å². The minimum atomic E-state index is 0.0684. The van der Waals surface area contributed by atoms with Gasteiger partial charge in [-0.05, 0) is 55.6 Å². The molecule has 0 radical (unpaired) electrons. The maximum atomic E-state index is 6.35. The van der Waals surface area contributed by atoms with Crippen LogP contribution >= 0.6 is 23.2 Å². The molecule has 2 nitrogen and oxygen atoms in total. The van der Waals surface area contributed by atoms with Gasteiger partial charge < -0.3 is 5.32 Å². The molecular formula is C17H20Cl2N2. The Hall–Kier alpha value is -1.09. The van der Waals surface area contributed by atoms with Crippen LogP contribution in [-0.2, 0) is 6.42 Å². The van der Waals surface area contributed by atoms with Crippen molar-refractivity contribution in [2.75, 3.05) is 6.54 Å². The van der Waals surface area contributed by atoms with Crippen LogP contribution in [0.5, 0.6) is 0 Å². The smallest absolute Gasteiger partial charge is 0.0762 e. The Kier molecular flexibility index (Phi) is 6.04. The lowest BCUT2D eigenvalue weighted by Gasteiger charge is -2.20. The van der Waals surface area contributed by atoms with Crippen LogP contribution in [0.2, 0.25) is 10.0 Å². The number of pyridine rings is 1. The van der Waals surface area contributed by atoms with Gasteiger partial charge in [-0.2, -0.15) is 0 Å². The zero-order valence-corrected chi connectivity index (χ0v) is 13.9. The van der Waals surface area contributed by atoms with Gasteiger partial charge in [0, 0.05) is 11.2 Å². The van der Waals surface area contributed by atoms with Crippen LogP contribution in [0.1, 0.15) is 36.2 Å². The van der Waals surface area contributed by atoms with Crippen LogP contribution in [0, 0.1) is 6.92 Å². The molecule has 0 amide bonds. The number of nitrogens with one attached hydrogen (secondary N) is 1. The Morgan fingerprint density at radius 2 is 2.00 bits per heavy atom. The van der Waals surface area contributed by atoms with E-state index in [1.165, 1.54) is 0 Å². The van der Waals surface area contributed by atoms with E-state index in [0.29, 0.717) is 5.02 Å². The Labute approximate surface area is 136 Å². The largest absolute Gasteiger partial charge is 0.308 e. The number of benzene rings is 1. The van der Waals surface area contributed by atoms with E-state index in [0.717, 1.165) is 41.2 Å². The van der Waals surface area contributed by atoms with Gasteiger partial charge >= 0.3 is 0 Å². The molecule has 0 spiro atoms. The molecule has 1 N–H and O–H groups in total. The molecular weight excluding hydrogens is 303 g/mol. The summed E-state index contributed by atoms with van der Waals surface area (Å²) in [6.45, 7) is 5.10. The Balaban J connectivity index is 2.26. The standard InChI is InChI=1S/C17H20Cl2N2/c1-3-8-20-16(17-14(18)5-4-9-21-17)11-13-7-6-12(2)10-15(13)19/h4-7,9-10,16,20H,3,8,11H2,1-2H3. The highest BCUT2D eigenvalue weighted by Gasteiger charge is 2.17. The van der Waals surface area contributed by atoms with Crippen LogP contribution in [-0.4, -0.2) is 11.5 Å². The van der Waals surface area contributed by atoms with Crippen LogP contribution in [0.25, 0.3) is 0 Å². The average Bonchev–Trinajstić information content (AvgIpc) is 2.46. The predicted molar refractivity (Wildman–Crippen MR) is 90.2 cm³/mol.